The molecule has 1 fully saturated rings. The van der Waals surface area contributed by atoms with Gasteiger partial charge in [-0.3, -0.25) is 4.79 Å². The summed E-state index contributed by atoms with van der Waals surface area (Å²) in [6, 6.07) is 14.7. The first-order chi connectivity index (χ1) is 11.7. The molecule has 25 heavy (non-hydrogen) atoms. The molecule has 1 aliphatic rings. The minimum atomic E-state index is -1.89. The largest absolute Gasteiger partial charge is 0.411 e. The average Bonchev–Trinajstić information content (AvgIpc) is 2.55. The topological polar surface area (TPSA) is 38.3 Å². The Kier molecular flexibility index (Phi) is 4.77. The normalized spacial score (nSPS) is 22.0. The second kappa shape index (κ2) is 6.58. The lowest BCUT2D eigenvalue weighted by Gasteiger charge is -2.43. The third-order valence-corrected chi connectivity index (χ3v) is 10.2. The summed E-state index contributed by atoms with van der Waals surface area (Å²) in [5.74, 6) is 0.119. The standard InChI is InChI=1S/C21H29NO2Si/c1-21(2,3)25(4,5)24-18-12-13-19(23)22-20(18)17-11-10-15-8-6-7-9-16(15)14-17/h6-11,14,18,20H,12-13H2,1-5H3,(H,22,23)/t18-,20+/m0/s1. The minimum absolute atomic E-state index is 0.0414. The number of carbonyl (C=O) groups is 1. The fraction of sp³-hybridized carbons (Fsp3) is 0.476. The van der Waals surface area contributed by atoms with Crippen LogP contribution in [-0.4, -0.2) is 20.3 Å². The maximum Gasteiger partial charge on any atom is 0.220 e. The molecule has 4 heteroatoms. The van der Waals surface area contributed by atoms with E-state index in [4.69, 9.17) is 4.43 Å². The van der Waals surface area contributed by atoms with Crippen molar-refractivity contribution in [1.82, 2.24) is 5.32 Å². The molecule has 1 aliphatic heterocycles. The Morgan fingerprint density at radius 3 is 2.44 bits per heavy atom. The molecule has 0 aliphatic carbocycles. The van der Waals surface area contributed by atoms with Crippen LogP contribution in [0.4, 0.5) is 0 Å². The van der Waals surface area contributed by atoms with Gasteiger partial charge in [0, 0.05) is 6.42 Å². The van der Waals surface area contributed by atoms with Crippen molar-refractivity contribution in [2.45, 2.75) is 63.9 Å². The maximum atomic E-state index is 12.1. The summed E-state index contributed by atoms with van der Waals surface area (Å²) < 4.78 is 6.69. The Morgan fingerprint density at radius 1 is 1.08 bits per heavy atom. The van der Waals surface area contributed by atoms with Gasteiger partial charge in [0.15, 0.2) is 8.32 Å². The predicted octanol–water partition coefficient (Wildman–Crippen LogP) is 5.18. The Morgan fingerprint density at radius 2 is 1.76 bits per heavy atom. The van der Waals surface area contributed by atoms with E-state index in [2.05, 4.69) is 75.6 Å². The Balaban J connectivity index is 1.92. The molecule has 0 spiro atoms. The van der Waals surface area contributed by atoms with Crippen LogP contribution >= 0.6 is 0 Å². The molecule has 134 valence electrons. The summed E-state index contributed by atoms with van der Waals surface area (Å²) in [7, 11) is -1.89. The molecule has 0 radical (unpaired) electrons. The SMILES string of the molecule is CC(C)(C)[Si](C)(C)O[C@H]1CCC(=O)N[C@@H]1c1ccc2ccccc2c1. The van der Waals surface area contributed by atoms with Crippen molar-refractivity contribution in [1.29, 1.82) is 0 Å². The molecule has 1 saturated heterocycles. The highest BCUT2D eigenvalue weighted by molar-refractivity contribution is 6.74. The van der Waals surface area contributed by atoms with Crippen molar-refractivity contribution in [3.05, 3.63) is 48.0 Å². The lowest BCUT2D eigenvalue weighted by molar-refractivity contribution is -0.125. The molecule has 1 N–H and O–H groups in total. The van der Waals surface area contributed by atoms with E-state index in [9.17, 15) is 4.79 Å². The minimum Gasteiger partial charge on any atom is -0.411 e. The summed E-state index contributed by atoms with van der Waals surface area (Å²) in [6.45, 7) is 11.3. The molecule has 3 nitrogen and oxygen atoms in total. The lowest BCUT2D eigenvalue weighted by atomic mass is 9.93. The van der Waals surface area contributed by atoms with Gasteiger partial charge in [0.05, 0.1) is 12.1 Å². The second-order valence-electron chi connectivity index (χ2n) is 8.61. The van der Waals surface area contributed by atoms with Gasteiger partial charge >= 0.3 is 0 Å². The van der Waals surface area contributed by atoms with Crippen molar-refractivity contribution in [2.24, 2.45) is 0 Å². The van der Waals surface area contributed by atoms with Crippen molar-refractivity contribution < 1.29 is 9.22 Å². The molecule has 1 heterocycles. The van der Waals surface area contributed by atoms with Crippen molar-refractivity contribution in [3.8, 4) is 0 Å². The van der Waals surface area contributed by atoms with Crippen LogP contribution in [0, 0.1) is 0 Å². The van der Waals surface area contributed by atoms with E-state index in [1.807, 2.05) is 6.07 Å². The van der Waals surface area contributed by atoms with E-state index >= 15 is 0 Å². The van der Waals surface area contributed by atoms with Crippen LogP contribution in [0.3, 0.4) is 0 Å². The molecule has 2 aromatic rings. The first kappa shape index (κ1) is 18.1. The number of amides is 1. The number of benzene rings is 2. The second-order valence-corrected chi connectivity index (χ2v) is 13.4. The number of hydrogen-bond acceptors (Lipinski definition) is 2. The van der Waals surface area contributed by atoms with Crippen LogP contribution in [0.2, 0.25) is 18.1 Å². The number of piperidine rings is 1. The highest BCUT2D eigenvalue weighted by atomic mass is 28.4. The van der Waals surface area contributed by atoms with Gasteiger partial charge in [-0.25, -0.2) is 0 Å². The van der Waals surface area contributed by atoms with Gasteiger partial charge in [0.2, 0.25) is 5.91 Å². The fourth-order valence-corrected chi connectivity index (χ4v) is 4.52. The summed E-state index contributed by atoms with van der Waals surface area (Å²) in [4.78, 5) is 12.1. The number of nitrogens with one attached hydrogen (secondary N) is 1. The van der Waals surface area contributed by atoms with Gasteiger partial charge in [-0.1, -0.05) is 57.2 Å². The van der Waals surface area contributed by atoms with Crippen LogP contribution in [0.5, 0.6) is 0 Å². The van der Waals surface area contributed by atoms with Crippen molar-refractivity contribution in [2.75, 3.05) is 0 Å². The van der Waals surface area contributed by atoms with Gasteiger partial charge in [0.1, 0.15) is 0 Å². The molecule has 0 aromatic heterocycles. The van der Waals surface area contributed by atoms with Crippen LogP contribution in [0.25, 0.3) is 10.8 Å². The summed E-state index contributed by atoms with van der Waals surface area (Å²) in [6.07, 6.45) is 1.37. The average molecular weight is 356 g/mol. The van der Waals surface area contributed by atoms with Crippen LogP contribution in [-0.2, 0) is 9.22 Å². The van der Waals surface area contributed by atoms with Gasteiger partial charge in [-0.2, -0.15) is 0 Å². The maximum absolute atomic E-state index is 12.1. The van der Waals surface area contributed by atoms with E-state index < -0.39 is 8.32 Å². The molecule has 2 aromatic carbocycles. The van der Waals surface area contributed by atoms with Gasteiger partial charge in [-0.05, 0) is 47.0 Å². The molecule has 0 bridgehead atoms. The van der Waals surface area contributed by atoms with Gasteiger partial charge in [0.25, 0.3) is 0 Å². The molecule has 3 rings (SSSR count). The first-order valence-electron chi connectivity index (χ1n) is 9.13. The smallest absolute Gasteiger partial charge is 0.220 e. The third-order valence-electron chi connectivity index (χ3n) is 5.73. The van der Waals surface area contributed by atoms with Gasteiger partial charge in [-0.15, -0.1) is 0 Å². The lowest BCUT2D eigenvalue weighted by Crippen LogP contribution is -2.50. The zero-order valence-electron chi connectivity index (χ0n) is 15.9. The summed E-state index contributed by atoms with van der Waals surface area (Å²) in [5, 5.41) is 5.75. The monoisotopic (exact) mass is 355 g/mol. The predicted molar refractivity (Wildman–Crippen MR) is 106 cm³/mol. The number of hydrogen-bond donors (Lipinski definition) is 1. The molecule has 1 amide bonds. The Bertz CT molecular complexity index is 779. The zero-order chi connectivity index (χ0) is 18.2. The highest BCUT2D eigenvalue weighted by Gasteiger charge is 2.42. The van der Waals surface area contributed by atoms with E-state index in [1.54, 1.807) is 0 Å². The van der Waals surface area contributed by atoms with E-state index in [0.29, 0.717) is 6.42 Å². The molecular weight excluding hydrogens is 326 g/mol. The van der Waals surface area contributed by atoms with Crippen LogP contribution in [0.15, 0.2) is 42.5 Å². The van der Waals surface area contributed by atoms with E-state index in [0.717, 1.165) is 12.0 Å². The van der Waals surface area contributed by atoms with Gasteiger partial charge < -0.3 is 9.74 Å². The molecule has 2 atom stereocenters. The van der Waals surface area contributed by atoms with Crippen LogP contribution < -0.4 is 5.32 Å². The number of fused-ring (bicyclic) bond motifs is 1. The Hall–Kier alpha value is -1.65. The van der Waals surface area contributed by atoms with E-state index in [1.165, 1.54) is 10.8 Å². The third kappa shape index (κ3) is 3.80. The molecular formula is C21H29NO2Si. The number of rotatable bonds is 3. The fourth-order valence-electron chi connectivity index (χ4n) is 3.16. The highest BCUT2D eigenvalue weighted by Crippen LogP contribution is 2.40. The van der Waals surface area contributed by atoms with Crippen molar-refractivity contribution >= 4 is 25.0 Å². The molecule has 0 saturated carbocycles. The first-order valence-corrected chi connectivity index (χ1v) is 12.0. The van der Waals surface area contributed by atoms with E-state index in [-0.39, 0.29) is 23.1 Å². The summed E-state index contributed by atoms with van der Waals surface area (Å²) >= 11 is 0. The van der Waals surface area contributed by atoms with Crippen LogP contribution in [0.1, 0.15) is 45.2 Å². The van der Waals surface area contributed by atoms with Crippen molar-refractivity contribution in [3.63, 3.8) is 0 Å². The molecule has 0 unspecified atom stereocenters. The quantitative estimate of drug-likeness (QED) is 0.770. The summed E-state index contributed by atoms with van der Waals surface area (Å²) in [5.41, 5.74) is 1.13. The zero-order valence-corrected chi connectivity index (χ0v) is 16.9. The Labute approximate surface area is 151 Å². The number of carbonyl (C=O) groups excluding carboxylic acids is 1.